The zero-order valence-corrected chi connectivity index (χ0v) is 12.4. The molecule has 0 saturated heterocycles. The summed E-state index contributed by atoms with van der Waals surface area (Å²) in [7, 11) is 0. The van der Waals surface area contributed by atoms with Crippen molar-refractivity contribution in [2.75, 3.05) is 0 Å². The van der Waals surface area contributed by atoms with Crippen molar-refractivity contribution in [3.8, 4) is 11.3 Å². The van der Waals surface area contributed by atoms with Gasteiger partial charge in [-0.3, -0.25) is 9.78 Å². The Labute approximate surface area is 129 Å². The molecule has 1 aromatic heterocycles. The number of hydrogen-bond donors (Lipinski definition) is 1. The highest BCUT2D eigenvalue weighted by atomic mass is 19.1. The van der Waals surface area contributed by atoms with Gasteiger partial charge in [0.05, 0.1) is 11.5 Å². The van der Waals surface area contributed by atoms with E-state index in [1.807, 2.05) is 42.5 Å². The van der Waals surface area contributed by atoms with E-state index in [1.54, 1.807) is 6.07 Å². The zero-order chi connectivity index (χ0) is 15.9. The Kier molecular flexibility index (Phi) is 5.42. The summed E-state index contributed by atoms with van der Waals surface area (Å²) in [4.78, 5) is 15.3. The number of aliphatic hydroxyl groups excluding tert-OH is 1. The average Bonchev–Trinajstić information content (AvgIpc) is 2.47. The van der Waals surface area contributed by atoms with Crippen LogP contribution in [0.15, 0.2) is 60.4 Å². The molecule has 3 nitrogen and oxygen atoms in total. The quantitative estimate of drug-likeness (QED) is 0.646. The van der Waals surface area contributed by atoms with Crippen molar-refractivity contribution >= 4 is 5.78 Å². The van der Waals surface area contributed by atoms with Crippen LogP contribution in [0.5, 0.6) is 0 Å². The number of alkyl halides is 1. The zero-order valence-electron chi connectivity index (χ0n) is 12.4. The fourth-order valence-electron chi connectivity index (χ4n) is 2.18. The summed E-state index contributed by atoms with van der Waals surface area (Å²) < 4.78 is 14.0. The van der Waals surface area contributed by atoms with Crippen LogP contribution in [-0.2, 0) is 11.2 Å². The molecular formula is C18H18FNO2. The van der Waals surface area contributed by atoms with Crippen LogP contribution >= 0.6 is 0 Å². The Morgan fingerprint density at radius 2 is 1.95 bits per heavy atom. The van der Waals surface area contributed by atoms with E-state index in [-0.39, 0.29) is 24.4 Å². The highest BCUT2D eigenvalue weighted by molar-refractivity contribution is 5.87. The highest BCUT2D eigenvalue weighted by Gasteiger charge is 2.12. The molecule has 0 bridgehead atoms. The van der Waals surface area contributed by atoms with Crippen molar-refractivity contribution in [2.24, 2.45) is 0 Å². The predicted molar refractivity (Wildman–Crippen MR) is 84.3 cm³/mol. The Bertz CT molecular complexity index is 668. The molecule has 1 unspecified atom stereocenters. The Morgan fingerprint density at radius 3 is 2.64 bits per heavy atom. The fraction of sp³-hybridized carbons (Fsp3) is 0.222. The van der Waals surface area contributed by atoms with Crippen LogP contribution in [0.1, 0.15) is 19.0 Å². The molecule has 1 N–H and O–H groups in total. The van der Waals surface area contributed by atoms with E-state index in [0.29, 0.717) is 5.69 Å². The first kappa shape index (κ1) is 15.9. The van der Waals surface area contributed by atoms with E-state index in [2.05, 4.69) is 4.98 Å². The lowest BCUT2D eigenvalue weighted by atomic mass is 10.1. The SMILES string of the molecule is CC(=O)C=C(O)CC(F)Cc1cccc(-c2ccccc2)n1. The lowest BCUT2D eigenvalue weighted by molar-refractivity contribution is -0.112. The van der Waals surface area contributed by atoms with Gasteiger partial charge in [0.25, 0.3) is 0 Å². The minimum atomic E-state index is -1.28. The molecule has 1 heterocycles. The van der Waals surface area contributed by atoms with Crippen LogP contribution in [0.25, 0.3) is 11.3 Å². The number of hydrogen-bond acceptors (Lipinski definition) is 3. The van der Waals surface area contributed by atoms with Gasteiger partial charge in [-0.2, -0.15) is 0 Å². The molecule has 0 aliphatic rings. The summed E-state index contributed by atoms with van der Waals surface area (Å²) in [6, 6.07) is 15.1. The Hall–Kier alpha value is -2.49. The summed E-state index contributed by atoms with van der Waals surface area (Å²) in [6.07, 6.45) is -0.331. The summed E-state index contributed by atoms with van der Waals surface area (Å²) in [5.74, 6) is -0.534. The number of benzene rings is 1. The van der Waals surface area contributed by atoms with Gasteiger partial charge < -0.3 is 5.11 Å². The van der Waals surface area contributed by atoms with E-state index in [1.165, 1.54) is 6.92 Å². The summed E-state index contributed by atoms with van der Waals surface area (Å²) in [5.41, 5.74) is 2.37. The molecule has 0 spiro atoms. The molecule has 0 amide bonds. The second-order valence-corrected chi connectivity index (χ2v) is 5.13. The molecule has 0 saturated carbocycles. The lowest BCUT2D eigenvalue weighted by Crippen LogP contribution is -2.08. The molecule has 0 radical (unpaired) electrons. The topological polar surface area (TPSA) is 50.2 Å². The summed E-state index contributed by atoms with van der Waals surface area (Å²) in [5, 5.41) is 9.48. The maximum atomic E-state index is 14.0. The standard InChI is InChI=1S/C18H18FNO2/c1-13(21)10-17(22)12-15(19)11-16-8-5-9-18(20-16)14-6-3-2-4-7-14/h2-10,15,22H,11-12H2,1H3. The minimum Gasteiger partial charge on any atom is -0.512 e. The lowest BCUT2D eigenvalue weighted by Gasteiger charge is -2.09. The number of aliphatic hydroxyl groups is 1. The Balaban J connectivity index is 2.06. The van der Waals surface area contributed by atoms with Gasteiger partial charge in [0.2, 0.25) is 0 Å². The number of pyridine rings is 1. The molecule has 1 aromatic carbocycles. The van der Waals surface area contributed by atoms with Gasteiger partial charge in [-0.05, 0) is 19.1 Å². The monoisotopic (exact) mass is 299 g/mol. The van der Waals surface area contributed by atoms with Crippen molar-refractivity contribution < 1.29 is 14.3 Å². The minimum absolute atomic E-state index is 0.0937. The average molecular weight is 299 g/mol. The highest BCUT2D eigenvalue weighted by Crippen LogP contribution is 2.18. The number of halogens is 1. The molecule has 22 heavy (non-hydrogen) atoms. The fourth-order valence-corrected chi connectivity index (χ4v) is 2.18. The maximum absolute atomic E-state index is 14.0. The number of rotatable bonds is 6. The van der Waals surface area contributed by atoms with Crippen LogP contribution in [-0.4, -0.2) is 22.0 Å². The van der Waals surface area contributed by atoms with Gasteiger partial charge >= 0.3 is 0 Å². The van der Waals surface area contributed by atoms with E-state index in [0.717, 1.165) is 17.3 Å². The smallest absolute Gasteiger partial charge is 0.155 e. The van der Waals surface area contributed by atoms with Gasteiger partial charge in [-0.25, -0.2) is 4.39 Å². The Morgan fingerprint density at radius 1 is 1.23 bits per heavy atom. The number of carbonyl (C=O) groups is 1. The number of ketones is 1. The van der Waals surface area contributed by atoms with E-state index in [4.69, 9.17) is 0 Å². The normalized spacial score (nSPS) is 12.9. The van der Waals surface area contributed by atoms with Crippen LogP contribution in [0.3, 0.4) is 0 Å². The molecule has 0 fully saturated rings. The van der Waals surface area contributed by atoms with Crippen LogP contribution in [0, 0.1) is 0 Å². The number of nitrogens with zero attached hydrogens (tertiary/aromatic N) is 1. The first-order chi connectivity index (χ1) is 10.5. The van der Waals surface area contributed by atoms with Crippen molar-refractivity contribution in [3.05, 3.63) is 66.1 Å². The second kappa shape index (κ2) is 7.50. The number of aromatic nitrogens is 1. The molecular weight excluding hydrogens is 281 g/mol. The molecule has 0 aliphatic carbocycles. The largest absolute Gasteiger partial charge is 0.512 e. The van der Waals surface area contributed by atoms with E-state index in [9.17, 15) is 14.3 Å². The summed E-state index contributed by atoms with van der Waals surface area (Å²) >= 11 is 0. The third kappa shape index (κ3) is 4.81. The van der Waals surface area contributed by atoms with E-state index < -0.39 is 6.17 Å². The molecule has 2 aromatic rings. The predicted octanol–water partition coefficient (Wildman–Crippen LogP) is 4.05. The summed E-state index contributed by atoms with van der Waals surface area (Å²) in [6.45, 7) is 1.31. The van der Waals surface area contributed by atoms with Gasteiger partial charge in [0, 0.05) is 30.2 Å². The van der Waals surface area contributed by atoms with Gasteiger partial charge in [0.1, 0.15) is 6.17 Å². The molecule has 114 valence electrons. The third-order valence-corrected chi connectivity index (χ3v) is 3.11. The van der Waals surface area contributed by atoms with Crippen LogP contribution < -0.4 is 0 Å². The van der Waals surface area contributed by atoms with Crippen molar-refractivity contribution in [3.63, 3.8) is 0 Å². The van der Waals surface area contributed by atoms with Crippen LogP contribution in [0.4, 0.5) is 4.39 Å². The molecule has 4 heteroatoms. The van der Waals surface area contributed by atoms with Gasteiger partial charge in [-0.15, -0.1) is 0 Å². The van der Waals surface area contributed by atoms with Crippen LogP contribution in [0.2, 0.25) is 0 Å². The number of carbonyl (C=O) groups excluding carboxylic acids is 1. The van der Waals surface area contributed by atoms with Gasteiger partial charge in [0.15, 0.2) is 5.78 Å². The van der Waals surface area contributed by atoms with Crippen molar-refractivity contribution in [1.82, 2.24) is 4.98 Å². The third-order valence-electron chi connectivity index (χ3n) is 3.11. The molecule has 1 atom stereocenters. The second-order valence-electron chi connectivity index (χ2n) is 5.13. The maximum Gasteiger partial charge on any atom is 0.155 e. The van der Waals surface area contributed by atoms with Crippen molar-refractivity contribution in [1.29, 1.82) is 0 Å². The molecule has 0 aliphatic heterocycles. The van der Waals surface area contributed by atoms with Gasteiger partial charge in [-0.1, -0.05) is 36.4 Å². The number of allylic oxidation sites excluding steroid dienone is 2. The first-order valence-corrected chi connectivity index (χ1v) is 7.10. The van der Waals surface area contributed by atoms with E-state index >= 15 is 0 Å². The van der Waals surface area contributed by atoms with Crippen molar-refractivity contribution in [2.45, 2.75) is 25.9 Å². The first-order valence-electron chi connectivity index (χ1n) is 7.10. The molecule has 2 rings (SSSR count).